The minimum atomic E-state index is -0.682. The Kier molecular flexibility index (Phi) is 5.55. The van der Waals surface area contributed by atoms with Gasteiger partial charge in [-0.25, -0.2) is 0 Å². The highest BCUT2D eigenvalue weighted by Crippen LogP contribution is 2.37. The SMILES string of the molecule is Cc1nnc(Nc2ccc(-c3ccc(C4CCC(CC(=O)O)CC4)cc3)nc2)o1. The largest absolute Gasteiger partial charge is 0.481 e. The smallest absolute Gasteiger partial charge is 0.320 e. The molecule has 0 aliphatic heterocycles. The number of rotatable bonds is 6. The summed E-state index contributed by atoms with van der Waals surface area (Å²) >= 11 is 0. The topological polar surface area (TPSA) is 101 Å². The summed E-state index contributed by atoms with van der Waals surface area (Å²) in [6.45, 7) is 1.74. The van der Waals surface area contributed by atoms with Crippen LogP contribution in [0.2, 0.25) is 0 Å². The molecule has 1 aliphatic carbocycles. The number of carboxylic acid groups (broad SMARTS) is 1. The maximum absolute atomic E-state index is 10.9. The summed E-state index contributed by atoms with van der Waals surface area (Å²) in [5.74, 6) is 0.674. The van der Waals surface area contributed by atoms with Crippen molar-refractivity contribution in [2.45, 2.75) is 44.9 Å². The van der Waals surface area contributed by atoms with E-state index in [9.17, 15) is 4.79 Å². The van der Waals surface area contributed by atoms with Crippen molar-refractivity contribution in [1.29, 1.82) is 0 Å². The van der Waals surface area contributed by atoms with Gasteiger partial charge in [0.2, 0.25) is 5.89 Å². The van der Waals surface area contributed by atoms with E-state index in [0.717, 1.165) is 42.6 Å². The number of aliphatic carboxylic acids is 1. The molecule has 4 rings (SSSR count). The van der Waals surface area contributed by atoms with Crippen LogP contribution < -0.4 is 5.32 Å². The Morgan fingerprint density at radius 2 is 1.86 bits per heavy atom. The van der Waals surface area contributed by atoms with Crippen LogP contribution in [0.3, 0.4) is 0 Å². The molecule has 1 saturated carbocycles. The van der Waals surface area contributed by atoms with E-state index in [4.69, 9.17) is 9.52 Å². The number of aromatic nitrogens is 3. The number of pyridine rings is 1. The minimum absolute atomic E-state index is 0.300. The van der Waals surface area contributed by atoms with E-state index in [1.54, 1.807) is 13.1 Å². The van der Waals surface area contributed by atoms with Crippen molar-refractivity contribution in [1.82, 2.24) is 15.2 Å². The predicted molar refractivity (Wildman–Crippen MR) is 109 cm³/mol. The highest BCUT2D eigenvalue weighted by Gasteiger charge is 2.23. The molecule has 0 spiro atoms. The molecule has 150 valence electrons. The lowest BCUT2D eigenvalue weighted by Gasteiger charge is -2.28. The molecule has 0 radical (unpaired) electrons. The van der Waals surface area contributed by atoms with E-state index in [0.29, 0.717) is 30.2 Å². The van der Waals surface area contributed by atoms with E-state index in [2.05, 4.69) is 44.8 Å². The second-order valence-corrected chi connectivity index (χ2v) is 7.62. The minimum Gasteiger partial charge on any atom is -0.481 e. The maximum atomic E-state index is 10.9. The first kappa shape index (κ1) is 19.1. The van der Waals surface area contributed by atoms with Crippen molar-refractivity contribution in [2.24, 2.45) is 5.92 Å². The zero-order valence-electron chi connectivity index (χ0n) is 16.3. The molecule has 0 unspecified atom stereocenters. The molecular weight excluding hydrogens is 368 g/mol. The Morgan fingerprint density at radius 1 is 1.10 bits per heavy atom. The van der Waals surface area contributed by atoms with Crippen molar-refractivity contribution in [3.8, 4) is 11.3 Å². The molecule has 7 nitrogen and oxygen atoms in total. The van der Waals surface area contributed by atoms with Crippen molar-refractivity contribution in [3.63, 3.8) is 0 Å². The van der Waals surface area contributed by atoms with Crippen molar-refractivity contribution in [3.05, 3.63) is 54.0 Å². The number of hydrogen-bond donors (Lipinski definition) is 2. The third-order valence-electron chi connectivity index (χ3n) is 5.53. The first-order valence-corrected chi connectivity index (χ1v) is 9.92. The van der Waals surface area contributed by atoms with Crippen LogP contribution in [0.4, 0.5) is 11.7 Å². The quantitative estimate of drug-likeness (QED) is 0.613. The third kappa shape index (κ3) is 4.80. The summed E-state index contributed by atoms with van der Waals surface area (Å²) < 4.78 is 5.31. The number of benzene rings is 1. The van der Waals surface area contributed by atoms with Crippen LogP contribution in [0.5, 0.6) is 0 Å². The Bertz CT molecular complexity index is 958. The average Bonchev–Trinajstić information content (AvgIpc) is 3.13. The first-order valence-electron chi connectivity index (χ1n) is 9.92. The zero-order chi connectivity index (χ0) is 20.2. The summed E-state index contributed by atoms with van der Waals surface area (Å²) in [5, 5.41) is 19.7. The molecule has 0 saturated heterocycles. The molecule has 0 bridgehead atoms. The number of aryl methyl sites for hydroxylation is 1. The standard InChI is InChI=1S/C22H24N4O3/c1-14-25-26-22(29-14)24-19-10-11-20(23-13-19)18-8-6-17(7-9-18)16-4-2-15(3-5-16)12-21(27)28/h6-11,13,15-16H,2-5,12H2,1H3,(H,24,26)(H,27,28). The van der Waals surface area contributed by atoms with Crippen LogP contribution in [-0.2, 0) is 4.79 Å². The lowest BCUT2D eigenvalue weighted by atomic mass is 9.77. The normalized spacial score (nSPS) is 19.1. The van der Waals surface area contributed by atoms with Crippen LogP contribution >= 0.6 is 0 Å². The number of nitrogens with one attached hydrogen (secondary N) is 1. The van der Waals surface area contributed by atoms with Crippen LogP contribution in [0, 0.1) is 12.8 Å². The molecule has 2 aromatic heterocycles. The Morgan fingerprint density at radius 3 is 2.45 bits per heavy atom. The summed E-state index contributed by atoms with van der Waals surface area (Å²) in [7, 11) is 0. The molecule has 0 amide bonds. The third-order valence-corrected chi connectivity index (χ3v) is 5.53. The van der Waals surface area contributed by atoms with Gasteiger partial charge in [-0.2, -0.15) is 0 Å². The van der Waals surface area contributed by atoms with E-state index in [1.807, 2.05) is 12.1 Å². The van der Waals surface area contributed by atoms with Gasteiger partial charge in [-0.3, -0.25) is 9.78 Å². The number of carbonyl (C=O) groups is 1. The molecule has 0 atom stereocenters. The van der Waals surface area contributed by atoms with Crippen LogP contribution in [-0.4, -0.2) is 26.3 Å². The predicted octanol–water partition coefficient (Wildman–Crippen LogP) is 4.93. The van der Waals surface area contributed by atoms with Gasteiger partial charge in [-0.1, -0.05) is 29.4 Å². The zero-order valence-corrected chi connectivity index (χ0v) is 16.3. The van der Waals surface area contributed by atoms with Gasteiger partial charge in [0, 0.05) is 18.9 Å². The number of hydrogen-bond acceptors (Lipinski definition) is 6. The molecule has 2 N–H and O–H groups in total. The summed E-state index contributed by atoms with van der Waals surface area (Å²) in [4.78, 5) is 15.4. The summed E-state index contributed by atoms with van der Waals surface area (Å²) in [6.07, 6.45) is 6.15. The van der Waals surface area contributed by atoms with E-state index < -0.39 is 5.97 Å². The molecule has 2 heterocycles. The Balaban J connectivity index is 1.37. The van der Waals surface area contributed by atoms with Crippen LogP contribution in [0.25, 0.3) is 11.3 Å². The fourth-order valence-electron chi connectivity index (χ4n) is 3.98. The first-order chi connectivity index (χ1) is 14.1. The van der Waals surface area contributed by atoms with E-state index >= 15 is 0 Å². The number of nitrogens with zero attached hydrogens (tertiary/aromatic N) is 3. The van der Waals surface area contributed by atoms with Gasteiger partial charge in [0.25, 0.3) is 0 Å². The molecule has 29 heavy (non-hydrogen) atoms. The Hall–Kier alpha value is -3.22. The molecule has 1 aromatic carbocycles. The fourth-order valence-corrected chi connectivity index (χ4v) is 3.98. The summed E-state index contributed by atoms with van der Waals surface area (Å²) in [6, 6.07) is 12.8. The van der Waals surface area contributed by atoms with E-state index in [-0.39, 0.29) is 0 Å². The molecule has 7 heteroatoms. The fraction of sp³-hybridized carbons (Fsp3) is 0.364. The highest BCUT2D eigenvalue weighted by molar-refractivity contribution is 5.67. The molecular formula is C22H24N4O3. The van der Waals surface area contributed by atoms with Crippen LogP contribution in [0.15, 0.2) is 47.0 Å². The van der Waals surface area contributed by atoms with Crippen molar-refractivity contribution >= 4 is 17.7 Å². The van der Waals surface area contributed by atoms with Crippen molar-refractivity contribution in [2.75, 3.05) is 5.32 Å². The highest BCUT2D eigenvalue weighted by atomic mass is 16.4. The second kappa shape index (κ2) is 8.43. The van der Waals surface area contributed by atoms with Gasteiger partial charge in [0.1, 0.15) is 0 Å². The number of carboxylic acids is 1. The van der Waals surface area contributed by atoms with Gasteiger partial charge in [-0.15, -0.1) is 5.10 Å². The maximum Gasteiger partial charge on any atom is 0.320 e. The Labute approximate surface area is 169 Å². The van der Waals surface area contributed by atoms with Gasteiger partial charge >= 0.3 is 12.0 Å². The van der Waals surface area contributed by atoms with Gasteiger partial charge in [0.05, 0.1) is 17.6 Å². The lowest BCUT2D eigenvalue weighted by Crippen LogP contribution is -2.16. The molecule has 1 fully saturated rings. The molecule has 1 aliphatic rings. The average molecular weight is 392 g/mol. The van der Waals surface area contributed by atoms with Crippen LogP contribution in [0.1, 0.15) is 49.5 Å². The van der Waals surface area contributed by atoms with Crippen molar-refractivity contribution < 1.29 is 14.3 Å². The molecule has 3 aromatic rings. The lowest BCUT2D eigenvalue weighted by molar-refractivity contribution is -0.138. The number of anilines is 2. The van der Waals surface area contributed by atoms with Gasteiger partial charge in [-0.05, 0) is 55.2 Å². The van der Waals surface area contributed by atoms with Gasteiger partial charge < -0.3 is 14.8 Å². The monoisotopic (exact) mass is 392 g/mol. The van der Waals surface area contributed by atoms with Gasteiger partial charge in [0.15, 0.2) is 0 Å². The second-order valence-electron chi connectivity index (χ2n) is 7.62. The van der Waals surface area contributed by atoms with E-state index in [1.165, 1.54) is 5.56 Å². The summed E-state index contributed by atoms with van der Waals surface area (Å²) in [5.41, 5.74) is 4.07.